The summed E-state index contributed by atoms with van der Waals surface area (Å²) in [5, 5.41) is 8.81. The first-order valence-electron chi connectivity index (χ1n) is 5.41. The number of carbonyl (C=O) groups is 1. The molecule has 0 saturated heterocycles. The van der Waals surface area contributed by atoms with Crippen LogP contribution in [0, 0.1) is 23.7 Å². The quantitative estimate of drug-likeness (QED) is 0.712. The molecule has 0 aromatic carbocycles. The Morgan fingerprint density at radius 3 is 2.31 bits per heavy atom. The van der Waals surface area contributed by atoms with Crippen molar-refractivity contribution in [3.8, 4) is 0 Å². The number of hydrogen-bond donors (Lipinski definition) is 1. The van der Waals surface area contributed by atoms with Crippen LogP contribution in [0.3, 0.4) is 0 Å². The first kappa shape index (κ1) is 9.04. The Morgan fingerprint density at radius 2 is 1.85 bits per heavy atom. The van der Waals surface area contributed by atoms with E-state index in [4.69, 9.17) is 5.11 Å². The van der Waals surface area contributed by atoms with E-state index in [2.05, 4.69) is 6.92 Å². The molecule has 0 aliphatic heterocycles. The SMILES string of the molecule is CC1CCC([C@@H]2C[C@@H]2C(=O)O)CC1. The number of hydrogen-bond acceptors (Lipinski definition) is 1. The van der Waals surface area contributed by atoms with Crippen LogP contribution in [0.25, 0.3) is 0 Å². The Morgan fingerprint density at radius 1 is 1.23 bits per heavy atom. The summed E-state index contributed by atoms with van der Waals surface area (Å²) < 4.78 is 0. The fourth-order valence-electron chi connectivity index (χ4n) is 2.73. The molecule has 0 amide bonds. The maximum absolute atomic E-state index is 10.7. The summed E-state index contributed by atoms with van der Waals surface area (Å²) in [4.78, 5) is 10.7. The summed E-state index contributed by atoms with van der Waals surface area (Å²) in [7, 11) is 0. The average Bonchev–Trinajstić information content (AvgIpc) is 2.85. The molecule has 2 aliphatic carbocycles. The summed E-state index contributed by atoms with van der Waals surface area (Å²) >= 11 is 0. The average molecular weight is 182 g/mol. The molecule has 0 aromatic heterocycles. The molecule has 2 fully saturated rings. The van der Waals surface area contributed by atoms with Gasteiger partial charge in [-0.1, -0.05) is 19.8 Å². The smallest absolute Gasteiger partial charge is 0.306 e. The molecule has 0 bridgehead atoms. The largest absolute Gasteiger partial charge is 0.481 e. The lowest BCUT2D eigenvalue weighted by Gasteiger charge is -2.26. The zero-order valence-electron chi connectivity index (χ0n) is 8.20. The topological polar surface area (TPSA) is 37.3 Å². The van der Waals surface area contributed by atoms with Crippen molar-refractivity contribution in [1.29, 1.82) is 0 Å². The Kier molecular flexibility index (Phi) is 2.31. The van der Waals surface area contributed by atoms with Crippen LogP contribution in [0.2, 0.25) is 0 Å². The van der Waals surface area contributed by atoms with Crippen molar-refractivity contribution in [3.05, 3.63) is 0 Å². The molecule has 2 aliphatic rings. The monoisotopic (exact) mass is 182 g/mol. The molecule has 74 valence electrons. The normalized spacial score (nSPS) is 44.4. The molecule has 2 nitrogen and oxygen atoms in total. The summed E-state index contributed by atoms with van der Waals surface area (Å²) in [6.45, 7) is 2.30. The highest BCUT2D eigenvalue weighted by Crippen LogP contribution is 2.49. The fraction of sp³-hybridized carbons (Fsp3) is 0.909. The highest BCUT2D eigenvalue weighted by atomic mass is 16.4. The van der Waals surface area contributed by atoms with Crippen LogP contribution in [0.1, 0.15) is 39.0 Å². The lowest BCUT2D eigenvalue weighted by molar-refractivity contribution is -0.139. The van der Waals surface area contributed by atoms with Gasteiger partial charge in [0, 0.05) is 0 Å². The second-order valence-electron chi connectivity index (χ2n) is 4.86. The first-order valence-corrected chi connectivity index (χ1v) is 5.41. The van der Waals surface area contributed by atoms with Crippen LogP contribution < -0.4 is 0 Å². The second kappa shape index (κ2) is 3.32. The molecule has 0 unspecified atom stereocenters. The van der Waals surface area contributed by atoms with Gasteiger partial charge in [-0.05, 0) is 37.0 Å². The van der Waals surface area contributed by atoms with Gasteiger partial charge < -0.3 is 5.11 Å². The standard InChI is InChI=1S/C11H18O2/c1-7-2-4-8(5-3-7)9-6-10(9)11(12)13/h7-10H,2-6H2,1H3,(H,12,13)/t7?,8?,9-,10-/m0/s1. The number of carboxylic acid groups (broad SMARTS) is 1. The molecular weight excluding hydrogens is 164 g/mol. The van der Waals surface area contributed by atoms with Crippen molar-refractivity contribution in [3.63, 3.8) is 0 Å². The summed E-state index contributed by atoms with van der Waals surface area (Å²) in [5.41, 5.74) is 0. The molecule has 2 rings (SSSR count). The van der Waals surface area contributed by atoms with Gasteiger partial charge in [-0.2, -0.15) is 0 Å². The molecule has 13 heavy (non-hydrogen) atoms. The van der Waals surface area contributed by atoms with Crippen molar-refractivity contribution in [1.82, 2.24) is 0 Å². The van der Waals surface area contributed by atoms with Gasteiger partial charge in [0.05, 0.1) is 5.92 Å². The van der Waals surface area contributed by atoms with Crippen LogP contribution in [0.4, 0.5) is 0 Å². The minimum atomic E-state index is -0.566. The van der Waals surface area contributed by atoms with E-state index in [0.29, 0.717) is 5.92 Å². The maximum atomic E-state index is 10.7. The molecule has 1 N–H and O–H groups in total. The third-order valence-electron chi connectivity index (χ3n) is 3.82. The molecule has 0 radical (unpaired) electrons. The van der Waals surface area contributed by atoms with E-state index >= 15 is 0 Å². The third-order valence-corrected chi connectivity index (χ3v) is 3.82. The zero-order valence-corrected chi connectivity index (χ0v) is 8.20. The Balaban J connectivity index is 1.81. The molecule has 0 spiro atoms. The van der Waals surface area contributed by atoms with E-state index in [0.717, 1.165) is 18.3 Å². The van der Waals surface area contributed by atoms with E-state index in [1.165, 1.54) is 25.7 Å². The van der Waals surface area contributed by atoms with Crippen LogP contribution in [0.5, 0.6) is 0 Å². The summed E-state index contributed by atoms with van der Waals surface area (Å²) in [5.74, 6) is 1.59. The summed E-state index contributed by atoms with van der Waals surface area (Å²) in [6, 6.07) is 0. The van der Waals surface area contributed by atoms with Gasteiger partial charge in [0.2, 0.25) is 0 Å². The molecule has 0 aromatic rings. The fourth-order valence-corrected chi connectivity index (χ4v) is 2.73. The van der Waals surface area contributed by atoms with Crippen LogP contribution in [0.15, 0.2) is 0 Å². The van der Waals surface area contributed by atoms with E-state index in [9.17, 15) is 4.79 Å². The van der Waals surface area contributed by atoms with Gasteiger partial charge in [-0.25, -0.2) is 0 Å². The van der Waals surface area contributed by atoms with Crippen molar-refractivity contribution in [2.75, 3.05) is 0 Å². The molecule has 2 atom stereocenters. The van der Waals surface area contributed by atoms with Crippen LogP contribution >= 0.6 is 0 Å². The highest BCUT2D eigenvalue weighted by Gasteiger charge is 2.47. The Hall–Kier alpha value is -0.530. The minimum absolute atomic E-state index is 0.0124. The van der Waals surface area contributed by atoms with E-state index < -0.39 is 5.97 Å². The lowest BCUT2D eigenvalue weighted by Crippen LogP contribution is -2.16. The van der Waals surface area contributed by atoms with E-state index in [1.807, 2.05) is 0 Å². The van der Waals surface area contributed by atoms with Gasteiger partial charge in [-0.15, -0.1) is 0 Å². The number of aliphatic carboxylic acids is 1. The second-order valence-corrected chi connectivity index (χ2v) is 4.86. The maximum Gasteiger partial charge on any atom is 0.306 e. The van der Waals surface area contributed by atoms with Gasteiger partial charge >= 0.3 is 5.97 Å². The predicted octanol–water partition coefficient (Wildman–Crippen LogP) is 2.53. The van der Waals surface area contributed by atoms with Gasteiger partial charge in [0.25, 0.3) is 0 Å². The first-order chi connectivity index (χ1) is 6.18. The van der Waals surface area contributed by atoms with Crippen molar-refractivity contribution >= 4 is 5.97 Å². The lowest BCUT2D eigenvalue weighted by atomic mass is 9.80. The number of carboxylic acids is 1. The van der Waals surface area contributed by atoms with E-state index in [-0.39, 0.29) is 5.92 Å². The van der Waals surface area contributed by atoms with Gasteiger partial charge in [0.15, 0.2) is 0 Å². The number of rotatable bonds is 2. The Labute approximate surface area is 79.3 Å². The minimum Gasteiger partial charge on any atom is -0.481 e. The van der Waals surface area contributed by atoms with Crippen molar-refractivity contribution < 1.29 is 9.90 Å². The van der Waals surface area contributed by atoms with E-state index in [1.54, 1.807) is 0 Å². The predicted molar refractivity (Wildman–Crippen MR) is 50.4 cm³/mol. The Bertz CT molecular complexity index is 204. The molecular formula is C11H18O2. The van der Waals surface area contributed by atoms with Crippen molar-refractivity contribution in [2.24, 2.45) is 23.7 Å². The van der Waals surface area contributed by atoms with Crippen molar-refractivity contribution in [2.45, 2.75) is 39.0 Å². The molecule has 2 heteroatoms. The third kappa shape index (κ3) is 1.87. The van der Waals surface area contributed by atoms with Gasteiger partial charge in [-0.3, -0.25) is 4.79 Å². The van der Waals surface area contributed by atoms with Gasteiger partial charge in [0.1, 0.15) is 0 Å². The molecule has 0 heterocycles. The summed E-state index contributed by atoms with van der Waals surface area (Å²) in [6.07, 6.45) is 6.13. The van der Waals surface area contributed by atoms with Crippen LogP contribution in [-0.4, -0.2) is 11.1 Å². The zero-order chi connectivity index (χ0) is 9.42. The molecule has 2 saturated carbocycles. The van der Waals surface area contributed by atoms with Crippen LogP contribution in [-0.2, 0) is 4.79 Å². The highest BCUT2D eigenvalue weighted by molar-refractivity contribution is 5.73.